The zero-order chi connectivity index (χ0) is 14.8. The molecule has 0 atom stereocenters. The third-order valence-corrected chi connectivity index (χ3v) is 4.44. The summed E-state index contributed by atoms with van der Waals surface area (Å²) in [7, 11) is -1.66. The second-order valence-corrected chi connectivity index (χ2v) is 6.81. The first-order valence-corrected chi connectivity index (χ1v) is 8.64. The Bertz CT molecular complexity index is 710. The van der Waals surface area contributed by atoms with Gasteiger partial charge in [-0.1, -0.05) is 6.07 Å². The van der Waals surface area contributed by atoms with E-state index in [9.17, 15) is 8.42 Å². The topological polar surface area (TPSA) is 61.2 Å². The van der Waals surface area contributed by atoms with Crippen LogP contribution in [-0.2, 0) is 27.0 Å². The lowest BCUT2D eigenvalue weighted by molar-refractivity contribution is 0.190. The van der Waals surface area contributed by atoms with Crippen molar-refractivity contribution in [1.82, 2.24) is 9.55 Å². The Labute approximate surface area is 123 Å². The van der Waals surface area contributed by atoms with Gasteiger partial charge < -0.3 is 9.30 Å². The van der Waals surface area contributed by atoms with E-state index < -0.39 is 9.84 Å². The Morgan fingerprint density at radius 3 is 2.75 bits per heavy atom. The summed E-state index contributed by atoms with van der Waals surface area (Å²) < 4.78 is 30.6. The zero-order valence-corrected chi connectivity index (χ0v) is 13.0. The molecule has 0 aliphatic rings. The molecule has 110 valence electrons. The Kier molecular flexibility index (Phi) is 4.67. The fourth-order valence-electron chi connectivity index (χ4n) is 2.19. The van der Waals surface area contributed by atoms with Gasteiger partial charge >= 0.3 is 0 Å². The molecule has 1 aromatic carbocycles. The van der Waals surface area contributed by atoms with Gasteiger partial charge in [0.15, 0.2) is 9.84 Å². The van der Waals surface area contributed by atoms with Crippen LogP contribution < -0.4 is 0 Å². The van der Waals surface area contributed by atoms with Crippen LogP contribution in [0, 0.1) is 0 Å². The molecule has 0 saturated carbocycles. The van der Waals surface area contributed by atoms with Crippen molar-refractivity contribution in [3.63, 3.8) is 0 Å². The molecule has 2 aromatic rings. The fourth-order valence-corrected chi connectivity index (χ4v) is 3.22. The van der Waals surface area contributed by atoms with Gasteiger partial charge in [0.1, 0.15) is 11.3 Å². The van der Waals surface area contributed by atoms with Crippen molar-refractivity contribution >= 4 is 32.5 Å². The van der Waals surface area contributed by atoms with E-state index in [0.29, 0.717) is 24.5 Å². The number of hydrogen-bond acceptors (Lipinski definition) is 4. The van der Waals surface area contributed by atoms with Crippen LogP contribution in [-0.4, -0.2) is 37.9 Å². The number of fused-ring (bicyclic) bond motifs is 1. The minimum absolute atomic E-state index is 0.241. The van der Waals surface area contributed by atoms with Gasteiger partial charge in [0.2, 0.25) is 0 Å². The molecule has 0 fully saturated rings. The number of imidazole rings is 1. The van der Waals surface area contributed by atoms with Gasteiger partial charge in [0, 0.05) is 26.5 Å². The van der Waals surface area contributed by atoms with Crippen molar-refractivity contribution in [2.24, 2.45) is 0 Å². The molecule has 0 amide bonds. The highest BCUT2D eigenvalue weighted by molar-refractivity contribution is 7.91. The largest absolute Gasteiger partial charge is 0.385 e. The molecule has 0 spiro atoms. The van der Waals surface area contributed by atoms with Gasteiger partial charge in [-0.15, -0.1) is 11.6 Å². The number of halogens is 1. The lowest BCUT2D eigenvalue weighted by Gasteiger charge is -2.07. The Morgan fingerprint density at radius 1 is 1.40 bits per heavy atom. The smallest absolute Gasteiger partial charge is 0.177 e. The SMILES string of the molecule is COCCCn1c(CCl)nc2c(S(C)(=O)=O)cccc21. The Morgan fingerprint density at radius 2 is 2.15 bits per heavy atom. The van der Waals surface area contributed by atoms with E-state index in [0.717, 1.165) is 11.9 Å². The number of sulfone groups is 1. The van der Waals surface area contributed by atoms with Gasteiger partial charge in [-0.2, -0.15) is 0 Å². The maximum Gasteiger partial charge on any atom is 0.177 e. The van der Waals surface area contributed by atoms with Crippen molar-refractivity contribution in [2.45, 2.75) is 23.7 Å². The predicted molar refractivity (Wildman–Crippen MR) is 78.9 cm³/mol. The summed E-state index contributed by atoms with van der Waals surface area (Å²) >= 11 is 5.92. The highest BCUT2D eigenvalue weighted by Crippen LogP contribution is 2.24. The lowest BCUT2D eigenvalue weighted by Crippen LogP contribution is -2.05. The van der Waals surface area contributed by atoms with Crippen LogP contribution in [0.15, 0.2) is 23.1 Å². The zero-order valence-electron chi connectivity index (χ0n) is 11.5. The summed E-state index contributed by atoms with van der Waals surface area (Å²) in [5.41, 5.74) is 1.28. The number of nitrogens with zero attached hydrogens (tertiary/aromatic N) is 2. The van der Waals surface area contributed by atoms with E-state index in [1.54, 1.807) is 19.2 Å². The highest BCUT2D eigenvalue weighted by Gasteiger charge is 2.18. The molecule has 1 aromatic heterocycles. The van der Waals surface area contributed by atoms with Crippen molar-refractivity contribution in [3.05, 3.63) is 24.0 Å². The van der Waals surface area contributed by atoms with E-state index in [-0.39, 0.29) is 10.8 Å². The van der Waals surface area contributed by atoms with Gasteiger partial charge in [0.25, 0.3) is 0 Å². The van der Waals surface area contributed by atoms with Crippen LogP contribution in [0.2, 0.25) is 0 Å². The maximum atomic E-state index is 11.8. The number of para-hydroxylation sites is 1. The third-order valence-electron chi connectivity index (χ3n) is 3.07. The van der Waals surface area contributed by atoms with Gasteiger partial charge in [-0.3, -0.25) is 0 Å². The van der Waals surface area contributed by atoms with E-state index in [4.69, 9.17) is 16.3 Å². The number of rotatable bonds is 6. The van der Waals surface area contributed by atoms with E-state index >= 15 is 0 Å². The summed E-state index contributed by atoms with van der Waals surface area (Å²) in [6, 6.07) is 5.16. The molecule has 0 N–H and O–H groups in total. The first kappa shape index (κ1) is 15.3. The average Bonchev–Trinajstić information content (AvgIpc) is 2.76. The quantitative estimate of drug-likeness (QED) is 0.605. The summed E-state index contributed by atoms with van der Waals surface area (Å²) in [6.45, 7) is 1.33. The molecule has 0 unspecified atom stereocenters. The number of alkyl halides is 1. The molecule has 0 aliphatic carbocycles. The second kappa shape index (κ2) is 6.11. The molecule has 7 heteroatoms. The van der Waals surface area contributed by atoms with Crippen molar-refractivity contribution < 1.29 is 13.2 Å². The van der Waals surface area contributed by atoms with Crippen LogP contribution in [0.25, 0.3) is 11.0 Å². The molecule has 1 heterocycles. The molecule has 0 radical (unpaired) electrons. The number of benzene rings is 1. The van der Waals surface area contributed by atoms with Crippen molar-refractivity contribution in [2.75, 3.05) is 20.0 Å². The maximum absolute atomic E-state index is 11.8. The van der Waals surface area contributed by atoms with Crippen LogP contribution in [0.1, 0.15) is 12.2 Å². The minimum atomic E-state index is -3.31. The van der Waals surface area contributed by atoms with Crippen LogP contribution in [0.4, 0.5) is 0 Å². The second-order valence-electron chi connectivity index (χ2n) is 4.56. The van der Waals surface area contributed by atoms with E-state index in [2.05, 4.69) is 4.98 Å². The number of hydrogen-bond donors (Lipinski definition) is 0. The summed E-state index contributed by atoms with van der Waals surface area (Å²) in [5, 5.41) is 0. The average molecular weight is 317 g/mol. The molecule has 0 bridgehead atoms. The first-order chi connectivity index (χ1) is 9.49. The van der Waals surface area contributed by atoms with E-state index in [1.165, 1.54) is 6.26 Å². The molecular formula is C13H17ClN2O3S. The highest BCUT2D eigenvalue weighted by atomic mass is 35.5. The van der Waals surface area contributed by atoms with Crippen molar-refractivity contribution in [1.29, 1.82) is 0 Å². The summed E-state index contributed by atoms with van der Waals surface area (Å²) in [6.07, 6.45) is 2.00. The molecule has 0 saturated heterocycles. The standard InChI is InChI=1S/C13H17ClN2O3S/c1-19-8-4-7-16-10-5-3-6-11(20(2,17)18)13(10)15-12(16)9-14/h3,5-6H,4,7-9H2,1-2H3. The molecule has 2 rings (SSSR count). The predicted octanol–water partition coefficient (Wildman–Crippen LogP) is 2.22. The third kappa shape index (κ3) is 2.97. The summed E-state index contributed by atoms with van der Waals surface area (Å²) in [4.78, 5) is 4.63. The lowest BCUT2D eigenvalue weighted by atomic mass is 10.3. The summed E-state index contributed by atoms with van der Waals surface area (Å²) in [5.74, 6) is 0.916. The van der Waals surface area contributed by atoms with Crippen LogP contribution in [0.3, 0.4) is 0 Å². The number of ether oxygens (including phenoxy) is 1. The monoisotopic (exact) mass is 316 g/mol. The number of aromatic nitrogens is 2. The van der Waals surface area contributed by atoms with Gasteiger partial charge in [-0.05, 0) is 18.6 Å². The van der Waals surface area contributed by atoms with Gasteiger partial charge in [-0.25, -0.2) is 13.4 Å². The van der Waals surface area contributed by atoms with Crippen molar-refractivity contribution in [3.8, 4) is 0 Å². The Hall–Kier alpha value is -1.11. The van der Waals surface area contributed by atoms with Crippen LogP contribution in [0.5, 0.6) is 0 Å². The molecular weight excluding hydrogens is 300 g/mol. The fraction of sp³-hybridized carbons (Fsp3) is 0.462. The number of methoxy groups -OCH3 is 1. The van der Waals surface area contributed by atoms with Crippen LogP contribution >= 0.6 is 11.6 Å². The Balaban J connectivity index is 2.57. The number of aryl methyl sites for hydroxylation is 1. The molecule has 5 nitrogen and oxygen atoms in total. The van der Waals surface area contributed by atoms with Gasteiger partial charge in [0.05, 0.1) is 16.3 Å². The molecule has 0 aliphatic heterocycles. The van der Waals surface area contributed by atoms with E-state index in [1.807, 2.05) is 10.6 Å². The minimum Gasteiger partial charge on any atom is -0.385 e. The molecule has 20 heavy (non-hydrogen) atoms. The first-order valence-electron chi connectivity index (χ1n) is 6.22. The normalized spacial score (nSPS) is 12.2.